The second-order valence-corrected chi connectivity index (χ2v) is 6.52. The van der Waals surface area contributed by atoms with Gasteiger partial charge in [0.2, 0.25) is 5.91 Å². The fourth-order valence-corrected chi connectivity index (χ4v) is 2.80. The van der Waals surface area contributed by atoms with Gasteiger partial charge in [-0.2, -0.15) is 0 Å². The third kappa shape index (κ3) is 4.28. The molecule has 5 nitrogen and oxygen atoms in total. The smallest absolute Gasteiger partial charge is 0.254 e. The molecule has 1 aromatic heterocycles. The first-order chi connectivity index (χ1) is 12.8. The molecule has 2 aromatic carbocycles. The molecule has 0 saturated heterocycles. The van der Waals surface area contributed by atoms with Gasteiger partial charge in [0.25, 0.3) is 5.56 Å². The lowest BCUT2D eigenvalue weighted by molar-refractivity contribution is -0.116. The van der Waals surface area contributed by atoms with Crippen molar-refractivity contribution in [3.05, 3.63) is 81.5 Å². The fourth-order valence-electron chi connectivity index (χ4n) is 2.80. The van der Waals surface area contributed by atoms with E-state index < -0.39 is 0 Å². The second-order valence-electron chi connectivity index (χ2n) is 6.52. The number of nitrogens with zero attached hydrogens (tertiary/aromatic N) is 2. The molecule has 138 valence electrons. The number of anilines is 1. The molecule has 0 aliphatic heterocycles. The summed E-state index contributed by atoms with van der Waals surface area (Å²) >= 11 is 0. The highest BCUT2D eigenvalue weighted by Gasteiger charge is 2.14. The first-order valence-electron chi connectivity index (χ1n) is 8.55. The van der Waals surface area contributed by atoms with E-state index in [2.05, 4.69) is 10.3 Å². The van der Waals surface area contributed by atoms with Gasteiger partial charge in [-0.1, -0.05) is 12.1 Å². The number of amides is 1. The Bertz CT molecular complexity index is 1060. The van der Waals surface area contributed by atoms with Crippen LogP contribution in [0.2, 0.25) is 0 Å². The van der Waals surface area contributed by atoms with E-state index in [1.807, 2.05) is 32.0 Å². The highest BCUT2D eigenvalue weighted by molar-refractivity contribution is 5.91. The molecule has 3 aromatic rings. The van der Waals surface area contributed by atoms with Crippen molar-refractivity contribution in [2.45, 2.75) is 27.3 Å². The molecule has 0 bridgehead atoms. The summed E-state index contributed by atoms with van der Waals surface area (Å²) in [5, 5.41) is 2.84. The Hall–Kier alpha value is -3.28. The van der Waals surface area contributed by atoms with Crippen LogP contribution >= 0.6 is 0 Å². The van der Waals surface area contributed by atoms with Crippen molar-refractivity contribution in [1.82, 2.24) is 9.55 Å². The molecule has 0 spiro atoms. The monoisotopic (exact) mass is 365 g/mol. The molecule has 0 aliphatic rings. The minimum Gasteiger partial charge on any atom is -0.324 e. The highest BCUT2D eigenvalue weighted by Crippen LogP contribution is 2.18. The van der Waals surface area contributed by atoms with Crippen molar-refractivity contribution in [3.63, 3.8) is 0 Å². The third-order valence-electron chi connectivity index (χ3n) is 4.21. The van der Waals surface area contributed by atoms with Crippen molar-refractivity contribution in [2.75, 3.05) is 5.32 Å². The standard InChI is InChI=1S/C21H20FN3O2/c1-13-4-5-14(2)18(10-13)24-19(26)12-25-20(27)11-15(3)23-21(25)16-6-8-17(22)9-7-16/h4-11H,12H2,1-3H3,(H,24,26). The zero-order chi connectivity index (χ0) is 19.6. The molecule has 0 aliphatic carbocycles. The van der Waals surface area contributed by atoms with E-state index in [1.54, 1.807) is 6.92 Å². The zero-order valence-corrected chi connectivity index (χ0v) is 15.4. The summed E-state index contributed by atoms with van der Waals surface area (Å²) in [5.74, 6) is -0.385. The minimum absolute atomic E-state index is 0.188. The van der Waals surface area contributed by atoms with Gasteiger partial charge in [-0.05, 0) is 62.2 Å². The Balaban J connectivity index is 1.94. The van der Waals surface area contributed by atoms with Crippen LogP contribution in [0, 0.1) is 26.6 Å². The Morgan fingerprint density at radius 3 is 2.48 bits per heavy atom. The largest absolute Gasteiger partial charge is 0.324 e. The number of aromatic nitrogens is 2. The van der Waals surface area contributed by atoms with Crippen LogP contribution in [-0.2, 0) is 11.3 Å². The summed E-state index contributed by atoms with van der Waals surface area (Å²) in [6.07, 6.45) is 0. The predicted molar refractivity (Wildman–Crippen MR) is 103 cm³/mol. The first kappa shape index (κ1) is 18.5. The average molecular weight is 365 g/mol. The van der Waals surface area contributed by atoms with Crippen LogP contribution in [0.15, 0.2) is 53.3 Å². The van der Waals surface area contributed by atoms with Gasteiger partial charge < -0.3 is 5.32 Å². The number of halogens is 1. The highest BCUT2D eigenvalue weighted by atomic mass is 19.1. The number of aryl methyl sites for hydroxylation is 3. The van der Waals surface area contributed by atoms with Gasteiger partial charge in [0, 0.05) is 23.0 Å². The fraction of sp³-hybridized carbons (Fsp3) is 0.190. The number of rotatable bonds is 4. The maximum absolute atomic E-state index is 13.2. The molecule has 1 N–H and O–H groups in total. The topological polar surface area (TPSA) is 64.0 Å². The maximum atomic E-state index is 13.2. The van der Waals surface area contributed by atoms with Crippen molar-refractivity contribution < 1.29 is 9.18 Å². The summed E-state index contributed by atoms with van der Waals surface area (Å²) in [6.45, 7) is 5.36. The van der Waals surface area contributed by atoms with Crippen LogP contribution < -0.4 is 10.9 Å². The van der Waals surface area contributed by atoms with Crippen LogP contribution in [0.1, 0.15) is 16.8 Å². The van der Waals surface area contributed by atoms with Gasteiger partial charge >= 0.3 is 0 Å². The molecule has 0 unspecified atom stereocenters. The summed E-state index contributed by atoms with van der Waals surface area (Å²) < 4.78 is 14.5. The Morgan fingerprint density at radius 1 is 1.07 bits per heavy atom. The van der Waals surface area contributed by atoms with Crippen molar-refractivity contribution in [3.8, 4) is 11.4 Å². The van der Waals surface area contributed by atoms with Crippen LogP contribution in [0.4, 0.5) is 10.1 Å². The average Bonchev–Trinajstić information content (AvgIpc) is 2.61. The number of nitrogens with one attached hydrogen (secondary N) is 1. The normalized spacial score (nSPS) is 10.7. The van der Waals surface area contributed by atoms with E-state index in [1.165, 1.54) is 34.9 Å². The SMILES string of the molecule is Cc1ccc(C)c(NC(=O)Cn2c(-c3ccc(F)cc3)nc(C)cc2=O)c1. The number of benzene rings is 2. The van der Waals surface area contributed by atoms with Crippen LogP contribution in [0.5, 0.6) is 0 Å². The van der Waals surface area contributed by atoms with Crippen LogP contribution in [0.3, 0.4) is 0 Å². The maximum Gasteiger partial charge on any atom is 0.254 e. The third-order valence-corrected chi connectivity index (χ3v) is 4.21. The van der Waals surface area contributed by atoms with Crippen molar-refractivity contribution in [2.24, 2.45) is 0 Å². The van der Waals surface area contributed by atoms with Crippen LogP contribution in [0.25, 0.3) is 11.4 Å². The van der Waals surface area contributed by atoms with Gasteiger partial charge in [-0.3, -0.25) is 14.2 Å². The van der Waals surface area contributed by atoms with Gasteiger partial charge in [0.15, 0.2) is 0 Å². The van der Waals surface area contributed by atoms with E-state index in [4.69, 9.17) is 0 Å². The van der Waals surface area contributed by atoms with E-state index in [0.717, 1.165) is 11.1 Å². The van der Waals surface area contributed by atoms with Gasteiger partial charge in [-0.25, -0.2) is 9.37 Å². The Morgan fingerprint density at radius 2 is 1.78 bits per heavy atom. The summed E-state index contributed by atoms with van der Waals surface area (Å²) in [6, 6.07) is 12.8. The summed E-state index contributed by atoms with van der Waals surface area (Å²) in [7, 11) is 0. The van der Waals surface area contributed by atoms with E-state index in [-0.39, 0.29) is 23.8 Å². The summed E-state index contributed by atoms with van der Waals surface area (Å²) in [4.78, 5) is 29.4. The number of carbonyl (C=O) groups excluding carboxylic acids is 1. The quantitative estimate of drug-likeness (QED) is 0.768. The first-order valence-corrected chi connectivity index (χ1v) is 8.55. The van der Waals surface area contributed by atoms with Gasteiger partial charge in [-0.15, -0.1) is 0 Å². The van der Waals surface area contributed by atoms with Gasteiger partial charge in [0.05, 0.1) is 0 Å². The molecule has 0 atom stereocenters. The van der Waals surface area contributed by atoms with E-state index in [0.29, 0.717) is 22.8 Å². The number of hydrogen-bond acceptors (Lipinski definition) is 3. The second kappa shape index (κ2) is 7.53. The molecule has 0 saturated carbocycles. The van der Waals surface area contributed by atoms with Crippen molar-refractivity contribution in [1.29, 1.82) is 0 Å². The predicted octanol–water partition coefficient (Wildman–Crippen LogP) is 3.61. The lowest BCUT2D eigenvalue weighted by Gasteiger charge is -2.14. The van der Waals surface area contributed by atoms with Crippen LogP contribution in [-0.4, -0.2) is 15.5 Å². The molecule has 1 heterocycles. The Labute approximate surface area is 156 Å². The number of hydrogen-bond donors (Lipinski definition) is 1. The summed E-state index contributed by atoms with van der Waals surface area (Å²) in [5.41, 5.74) is 3.43. The molecule has 6 heteroatoms. The lowest BCUT2D eigenvalue weighted by atomic mass is 10.1. The lowest BCUT2D eigenvalue weighted by Crippen LogP contribution is -2.29. The zero-order valence-electron chi connectivity index (χ0n) is 15.4. The Kier molecular flexibility index (Phi) is 5.16. The molecule has 0 fully saturated rings. The molecule has 0 radical (unpaired) electrons. The molecule has 1 amide bonds. The van der Waals surface area contributed by atoms with E-state index >= 15 is 0 Å². The molecular weight excluding hydrogens is 345 g/mol. The molecular formula is C21H20FN3O2. The molecule has 3 rings (SSSR count). The van der Waals surface area contributed by atoms with E-state index in [9.17, 15) is 14.0 Å². The molecule has 27 heavy (non-hydrogen) atoms. The van der Waals surface area contributed by atoms with Gasteiger partial charge in [0.1, 0.15) is 18.2 Å². The minimum atomic E-state index is -0.382. The number of carbonyl (C=O) groups is 1. The van der Waals surface area contributed by atoms with Crippen molar-refractivity contribution >= 4 is 11.6 Å².